The smallest absolute Gasteiger partial charge is 0.258 e. The molecule has 18 heteroatoms. The number of carbonyl (C=O) groups excluding carboxylic acids is 4. The predicted octanol–water partition coefficient (Wildman–Crippen LogP) is 8.35. The third-order valence-electron chi connectivity index (χ3n) is 11.5. The number of halogens is 7. The number of alkyl halides is 2. The van der Waals surface area contributed by atoms with Crippen LogP contribution in [0.15, 0.2) is 88.6 Å². The van der Waals surface area contributed by atoms with Gasteiger partial charge in [0.25, 0.3) is 11.8 Å². The van der Waals surface area contributed by atoms with Crippen LogP contribution in [0, 0.1) is 46.8 Å². The molecule has 4 aromatic carbocycles. The molecule has 2 saturated heterocycles. The minimum Gasteiger partial charge on any atom is -0.508 e. The van der Waals surface area contributed by atoms with Gasteiger partial charge in [0, 0.05) is 37.3 Å². The van der Waals surface area contributed by atoms with Crippen molar-refractivity contribution in [2.45, 2.75) is 28.5 Å². The number of anilines is 3. The van der Waals surface area contributed by atoms with E-state index in [1.807, 2.05) is 31.1 Å². The Bertz CT molecular complexity index is 2530. The molecule has 4 amide bonds. The number of phenols is 1. The van der Waals surface area contributed by atoms with Gasteiger partial charge in [0.05, 0.1) is 36.0 Å². The molecule has 59 heavy (non-hydrogen) atoms. The number of aromatic hydroxyl groups is 1. The molecule has 4 aromatic rings. The van der Waals surface area contributed by atoms with Gasteiger partial charge in [-0.25, -0.2) is 26.9 Å². The van der Waals surface area contributed by atoms with Crippen molar-refractivity contribution in [1.29, 1.82) is 0 Å². The molecule has 11 nitrogen and oxygen atoms in total. The first-order valence-electron chi connectivity index (χ1n) is 18.0. The van der Waals surface area contributed by atoms with Crippen LogP contribution in [0.4, 0.5) is 50.4 Å². The first kappa shape index (κ1) is 39.9. The van der Waals surface area contributed by atoms with Crippen LogP contribution in [0.3, 0.4) is 0 Å². The average Bonchev–Trinajstić information content (AvgIpc) is 3.56. The molecular formula is C41H30Cl2F5N5O6. The van der Waals surface area contributed by atoms with E-state index in [9.17, 15) is 37.5 Å². The van der Waals surface area contributed by atoms with Crippen molar-refractivity contribution in [2.75, 3.05) is 35.9 Å². The second-order valence-electron chi connectivity index (χ2n) is 14.8. The predicted molar refractivity (Wildman–Crippen MR) is 205 cm³/mol. The summed E-state index contributed by atoms with van der Waals surface area (Å²) < 4.78 is 79.0. The SMILES string of the molecule is COc1ccc([C@H]2C3=CC[C@@H]4C(=O)N(c5ccc(N=Nc6ccc(N(C)C)cc6)cc5)C(=O)[C@@H]4[C@@H]3C[C@@]3(Cl)C(=O)N(c4c(F)c(F)c(F)c(F)c4F)C(=O)[C@@]23Cl)c(O)c1. The Morgan fingerprint density at radius 1 is 0.763 bits per heavy atom. The van der Waals surface area contributed by atoms with Crippen LogP contribution < -0.4 is 19.4 Å². The molecule has 304 valence electrons. The number of imide groups is 2. The van der Waals surface area contributed by atoms with Crippen LogP contribution in [-0.2, 0) is 19.2 Å². The number of allylic oxidation sites excluding steroid dienone is 2. The summed E-state index contributed by atoms with van der Waals surface area (Å²) in [6, 6.07) is 17.2. The number of carbonyl (C=O) groups is 4. The summed E-state index contributed by atoms with van der Waals surface area (Å²) in [4.78, 5) is 54.5. The van der Waals surface area contributed by atoms with E-state index < -0.39 is 104 Å². The fraction of sp³-hybridized carbons (Fsp3) is 0.268. The Morgan fingerprint density at radius 3 is 1.90 bits per heavy atom. The second kappa shape index (κ2) is 14.2. The molecule has 8 rings (SSSR count). The van der Waals surface area contributed by atoms with E-state index in [-0.39, 0.29) is 33.9 Å². The highest BCUT2D eigenvalue weighted by Crippen LogP contribution is 2.67. The maximum Gasteiger partial charge on any atom is 0.258 e. The van der Waals surface area contributed by atoms with Gasteiger partial charge in [0.2, 0.25) is 17.6 Å². The third-order valence-corrected chi connectivity index (χ3v) is 12.9. The van der Waals surface area contributed by atoms with Crippen LogP contribution in [0.25, 0.3) is 0 Å². The molecular weight excluding hydrogens is 824 g/mol. The normalized spacial score (nSPS) is 26.3. The summed E-state index contributed by atoms with van der Waals surface area (Å²) in [5.74, 6) is -22.5. The largest absolute Gasteiger partial charge is 0.508 e. The Balaban J connectivity index is 1.19. The summed E-state index contributed by atoms with van der Waals surface area (Å²) in [7, 11) is 5.11. The van der Waals surface area contributed by atoms with Gasteiger partial charge in [-0.05, 0) is 73.4 Å². The van der Waals surface area contributed by atoms with Crippen LogP contribution >= 0.6 is 23.2 Å². The Hall–Kier alpha value is -5.87. The zero-order chi connectivity index (χ0) is 42.5. The van der Waals surface area contributed by atoms with Gasteiger partial charge in [-0.15, -0.1) is 23.2 Å². The summed E-state index contributed by atoms with van der Waals surface area (Å²) in [5, 5.41) is 19.8. The van der Waals surface area contributed by atoms with Gasteiger partial charge in [-0.3, -0.25) is 24.1 Å². The number of methoxy groups -OCH3 is 1. The number of rotatable bonds is 7. The fourth-order valence-corrected chi connectivity index (χ4v) is 9.59. The molecule has 2 aliphatic carbocycles. The number of amides is 4. The van der Waals surface area contributed by atoms with Gasteiger partial charge < -0.3 is 14.7 Å². The quantitative estimate of drug-likeness (QED) is 0.0376. The van der Waals surface area contributed by atoms with Crippen molar-refractivity contribution in [3.8, 4) is 11.5 Å². The Kier molecular flexibility index (Phi) is 9.58. The number of benzene rings is 4. The monoisotopic (exact) mass is 853 g/mol. The lowest BCUT2D eigenvalue weighted by atomic mass is 9.56. The molecule has 3 fully saturated rings. The molecule has 6 atom stereocenters. The standard InChI is InChI=1S/C41H30Cl2F5N5O6/c1-51(2)20-8-4-18(5-9-20)49-50-19-6-10-21(11-7-19)52-36(55)25-15-14-23-26(28(25)37(52)56)17-40(42)38(57)53(35-33(47)31(45)30(44)32(46)34(35)48)39(58)41(40,43)29(23)24-13-12-22(59-3)16-27(24)54/h4-14,16,25-26,28-29,54H,15,17H2,1-3H3/t25-,26+,28-,29+,40+,41-/m0/s1. The molecule has 0 bridgehead atoms. The zero-order valence-corrected chi connectivity index (χ0v) is 32.5. The minimum atomic E-state index is -2.79. The van der Waals surface area contributed by atoms with Crippen molar-refractivity contribution >= 4 is 75.3 Å². The highest BCUT2D eigenvalue weighted by atomic mass is 35.5. The van der Waals surface area contributed by atoms with E-state index in [0.717, 1.165) is 16.7 Å². The summed E-state index contributed by atoms with van der Waals surface area (Å²) in [6.07, 6.45) is 0.745. The van der Waals surface area contributed by atoms with E-state index in [0.29, 0.717) is 11.4 Å². The van der Waals surface area contributed by atoms with Gasteiger partial charge in [0.15, 0.2) is 33.0 Å². The third kappa shape index (κ3) is 5.74. The van der Waals surface area contributed by atoms with Gasteiger partial charge in [-0.1, -0.05) is 17.7 Å². The van der Waals surface area contributed by atoms with Crippen molar-refractivity contribution in [2.24, 2.45) is 28.0 Å². The van der Waals surface area contributed by atoms with Crippen LogP contribution in [-0.4, -0.2) is 59.7 Å². The average molecular weight is 855 g/mol. The first-order valence-corrected chi connectivity index (χ1v) is 18.7. The van der Waals surface area contributed by atoms with Crippen molar-refractivity contribution in [1.82, 2.24) is 0 Å². The summed E-state index contributed by atoms with van der Waals surface area (Å²) in [6.45, 7) is 0. The van der Waals surface area contributed by atoms with E-state index in [1.54, 1.807) is 24.3 Å². The lowest BCUT2D eigenvalue weighted by Crippen LogP contribution is -2.60. The molecule has 4 aliphatic rings. The summed E-state index contributed by atoms with van der Waals surface area (Å²) in [5.41, 5.74) is 0.274. The first-order chi connectivity index (χ1) is 28.0. The van der Waals surface area contributed by atoms with E-state index in [1.165, 1.54) is 37.5 Å². The van der Waals surface area contributed by atoms with Crippen molar-refractivity contribution in [3.63, 3.8) is 0 Å². The molecule has 0 spiro atoms. The number of ether oxygens (including phenoxy) is 1. The number of fused-ring (bicyclic) bond motifs is 4. The molecule has 2 aliphatic heterocycles. The van der Waals surface area contributed by atoms with Crippen LogP contribution in [0.1, 0.15) is 24.3 Å². The minimum absolute atomic E-state index is 0.0877. The lowest BCUT2D eigenvalue weighted by Gasteiger charge is -2.50. The van der Waals surface area contributed by atoms with Gasteiger partial charge >= 0.3 is 0 Å². The number of hydrogen-bond acceptors (Lipinski definition) is 9. The highest BCUT2D eigenvalue weighted by molar-refractivity contribution is 6.58. The number of nitrogens with zero attached hydrogens (tertiary/aromatic N) is 5. The van der Waals surface area contributed by atoms with Crippen LogP contribution in [0.2, 0.25) is 0 Å². The van der Waals surface area contributed by atoms with Gasteiger partial charge in [-0.2, -0.15) is 10.2 Å². The lowest BCUT2D eigenvalue weighted by molar-refractivity contribution is -0.125. The second-order valence-corrected chi connectivity index (χ2v) is 16.0. The van der Waals surface area contributed by atoms with Crippen molar-refractivity contribution in [3.05, 3.63) is 113 Å². The maximum atomic E-state index is 15.3. The molecule has 1 N–H and O–H groups in total. The number of azo groups is 1. The molecule has 1 saturated carbocycles. The maximum absolute atomic E-state index is 15.3. The molecule has 2 heterocycles. The molecule has 0 aromatic heterocycles. The summed E-state index contributed by atoms with van der Waals surface area (Å²) >= 11 is 14.3. The Labute approximate surface area is 342 Å². The molecule has 0 unspecified atom stereocenters. The highest BCUT2D eigenvalue weighted by Gasteiger charge is 2.77. The molecule has 0 radical (unpaired) electrons. The van der Waals surface area contributed by atoms with Crippen molar-refractivity contribution < 1.29 is 51.0 Å². The topological polar surface area (TPSA) is 132 Å². The van der Waals surface area contributed by atoms with E-state index in [4.69, 9.17) is 27.9 Å². The van der Waals surface area contributed by atoms with Gasteiger partial charge in [0.1, 0.15) is 17.2 Å². The fourth-order valence-electron chi connectivity index (χ4n) is 8.66. The van der Waals surface area contributed by atoms with E-state index >= 15 is 8.78 Å². The number of phenolic OH excluding ortho intramolecular Hbond substituents is 1. The number of hydrogen-bond donors (Lipinski definition) is 1. The van der Waals surface area contributed by atoms with E-state index in [2.05, 4.69) is 10.2 Å². The zero-order valence-electron chi connectivity index (χ0n) is 31.0. The van der Waals surface area contributed by atoms with Crippen LogP contribution in [0.5, 0.6) is 11.5 Å². The Morgan fingerprint density at radius 2 is 1.34 bits per heavy atom.